The molecule has 9 heavy (non-hydrogen) atoms. The van der Waals surface area contributed by atoms with Crippen molar-refractivity contribution < 1.29 is 0 Å². The molecule has 1 saturated carbocycles. The zero-order valence-electron chi connectivity index (χ0n) is 6.45. The number of hydrogen-bond acceptors (Lipinski definition) is 0. The lowest BCUT2D eigenvalue weighted by molar-refractivity contribution is 0.542. The zero-order chi connectivity index (χ0) is 7.07. The van der Waals surface area contributed by atoms with Gasteiger partial charge in [0.15, 0.2) is 0 Å². The monoisotopic (exact) mass is 146 g/mol. The highest BCUT2D eigenvalue weighted by molar-refractivity contribution is 6.26. The van der Waals surface area contributed by atoms with Crippen LogP contribution in [0.2, 0.25) is 0 Å². The summed E-state index contributed by atoms with van der Waals surface area (Å²) in [6, 6.07) is 0. The Morgan fingerprint density at radius 3 is 2.33 bits per heavy atom. The maximum atomic E-state index is 6.25. The van der Waals surface area contributed by atoms with Crippen molar-refractivity contribution in [3.8, 4) is 0 Å². The molecule has 0 aromatic heterocycles. The van der Waals surface area contributed by atoms with Gasteiger partial charge in [0, 0.05) is 0 Å². The summed E-state index contributed by atoms with van der Waals surface area (Å²) in [7, 11) is 0. The first kappa shape index (κ1) is 7.40. The molecule has 0 heterocycles. The third-order valence-electron chi connectivity index (χ3n) is 2.53. The predicted molar refractivity (Wildman–Crippen MR) is 41.8 cm³/mol. The third kappa shape index (κ3) is 1.10. The van der Waals surface area contributed by atoms with Gasteiger partial charge in [0.25, 0.3) is 0 Å². The van der Waals surface area contributed by atoms with E-state index in [-0.39, 0.29) is 4.87 Å². The van der Waals surface area contributed by atoms with Crippen LogP contribution >= 0.6 is 11.6 Å². The van der Waals surface area contributed by atoms with Crippen molar-refractivity contribution in [2.24, 2.45) is 11.8 Å². The second kappa shape index (κ2) is 2.16. The molecule has 0 N–H and O–H groups in total. The van der Waals surface area contributed by atoms with Gasteiger partial charge in [-0.15, -0.1) is 11.6 Å². The van der Waals surface area contributed by atoms with Crippen LogP contribution in [0.15, 0.2) is 0 Å². The highest BCUT2D eigenvalue weighted by atomic mass is 35.5. The number of alkyl halides is 1. The zero-order valence-corrected chi connectivity index (χ0v) is 7.20. The summed E-state index contributed by atoms with van der Waals surface area (Å²) in [6.07, 6.45) is 2.49. The molecule has 2 unspecified atom stereocenters. The van der Waals surface area contributed by atoms with E-state index >= 15 is 0 Å². The first-order chi connectivity index (χ1) is 4.11. The summed E-state index contributed by atoms with van der Waals surface area (Å²) in [5.74, 6) is 1.46. The quantitative estimate of drug-likeness (QED) is 0.526. The lowest BCUT2D eigenvalue weighted by Gasteiger charge is -2.11. The molecule has 0 bridgehead atoms. The lowest BCUT2D eigenvalue weighted by atomic mass is 10.1. The van der Waals surface area contributed by atoms with E-state index in [2.05, 4.69) is 20.8 Å². The Balaban J connectivity index is 2.42. The van der Waals surface area contributed by atoms with Gasteiger partial charge in [-0.2, -0.15) is 0 Å². The Morgan fingerprint density at radius 1 is 1.67 bits per heavy atom. The molecule has 0 spiro atoms. The molecular weight excluding hydrogens is 132 g/mol. The molecular formula is C8H15Cl. The Hall–Kier alpha value is 0.290. The number of hydrogen-bond donors (Lipinski definition) is 0. The van der Waals surface area contributed by atoms with Crippen LogP contribution in [0.1, 0.15) is 33.6 Å². The van der Waals surface area contributed by atoms with Crippen LogP contribution in [0, 0.1) is 11.8 Å². The van der Waals surface area contributed by atoms with Gasteiger partial charge in [-0.3, -0.25) is 0 Å². The average Bonchev–Trinajstić information content (AvgIpc) is 2.44. The van der Waals surface area contributed by atoms with Crippen LogP contribution in [0.3, 0.4) is 0 Å². The fourth-order valence-electron chi connectivity index (χ4n) is 1.51. The average molecular weight is 147 g/mol. The molecule has 1 fully saturated rings. The minimum Gasteiger partial charge on any atom is -0.119 e. The maximum absolute atomic E-state index is 6.25. The van der Waals surface area contributed by atoms with E-state index in [1.165, 1.54) is 12.8 Å². The van der Waals surface area contributed by atoms with E-state index in [9.17, 15) is 0 Å². The SMILES string of the molecule is CCC1CC1(Cl)C(C)C. The standard InChI is InChI=1S/C8H15Cl/c1-4-7-5-8(7,9)6(2)3/h6-7H,4-5H2,1-3H3. The fraction of sp³-hybridized carbons (Fsp3) is 1.00. The van der Waals surface area contributed by atoms with E-state index in [4.69, 9.17) is 11.6 Å². The van der Waals surface area contributed by atoms with Crippen LogP contribution in [0.25, 0.3) is 0 Å². The van der Waals surface area contributed by atoms with Gasteiger partial charge in [0.1, 0.15) is 0 Å². The van der Waals surface area contributed by atoms with Crippen molar-refractivity contribution in [2.45, 2.75) is 38.5 Å². The molecule has 0 aliphatic heterocycles. The van der Waals surface area contributed by atoms with Crippen LogP contribution in [-0.2, 0) is 0 Å². The second-order valence-electron chi connectivity index (χ2n) is 3.39. The summed E-state index contributed by atoms with van der Waals surface area (Å²) >= 11 is 6.25. The molecule has 1 heteroatoms. The van der Waals surface area contributed by atoms with Gasteiger partial charge in [-0.05, 0) is 18.3 Å². The van der Waals surface area contributed by atoms with Crippen molar-refractivity contribution >= 4 is 11.6 Å². The Labute approximate surface area is 62.6 Å². The third-order valence-corrected chi connectivity index (χ3v) is 3.43. The Kier molecular flexibility index (Phi) is 1.77. The summed E-state index contributed by atoms with van der Waals surface area (Å²) in [4.78, 5) is 0.189. The highest BCUT2D eigenvalue weighted by Gasteiger charge is 2.53. The van der Waals surface area contributed by atoms with Crippen molar-refractivity contribution in [3.05, 3.63) is 0 Å². The van der Waals surface area contributed by atoms with E-state index in [1.54, 1.807) is 0 Å². The normalized spacial score (nSPS) is 41.7. The fourth-order valence-corrected chi connectivity index (χ4v) is 1.85. The maximum Gasteiger partial charge on any atom is 0.0501 e. The van der Waals surface area contributed by atoms with Gasteiger partial charge in [0.2, 0.25) is 0 Å². The van der Waals surface area contributed by atoms with Crippen molar-refractivity contribution in [3.63, 3.8) is 0 Å². The molecule has 1 aliphatic rings. The molecule has 0 nitrogen and oxygen atoms in total. The Bertz CT molecular complexity index is 109. The molecule has 0 saturated heterocycles. The topological polar surface area (TPSA) is 0 Å². The van der Waals surface area contributed by atoms with E-state index in [0.717, 1.165) is 5.92 Å². The number of halogens is 1. The smallest absolute Gasteiger partial charge is 0.0501 e. The second-order valence-corrected chi connectivity index (χ2v) is 4.09. The van der Waals surface area contributed by atoms with Crippen LogP contribution in [0.4, 0.5) is 0 Å². The molecule has 54 valence electrons. The lowest BCUT2D eigenvalue weighted by Crippen LogP contribution is -2.11. The number of rotatable bonds is 2. The van der Waals surface area contributed by atoms with Crippen LogP contribution in [-0.4, -0.2) is 4.87 Å². The summed E-state index contributed by atoms with van der Waals surface area (Å²) in [5.41, 5.74) is 0. The van der Waals surface area contributed by atoms with Crippen molar-refractivity contribution in [1.29, 1.82) is 0 Å². The minimum absolute atomic E-state index is 0.189. The molecule has 0 aromatic carbocycles. The summed E-state index contributed by atoms with van der Waals surface area (Å²) in [6.45, 7) is 6.64. The largest absolute Gasteiger partial charge is 0.119 e. The predicted octanol–water partition coefficient (Wildman–Crippen LogP) is 3.05. The van der Waals surface area contributed by atoms with E-state index in [0.29, 0.717) is 5.92 Å². The molecule has 1 aliphatic carbocycles. The summed E-state index contributed by atoms with van der Waals surface area (Å²) in [5, 5.41) is 0. The highest BCUT2D eigenvalue weighted by Crippen LogP contribution is 2.56. The van der Waals surface area contributed by atoms with E-state index < -0.39 is 0 Å². The first-order valence-corrected chi connectivity index (χ1v) is 4.18. The van der Waals surface area contributed by atoms with Gasteiger partial charge in [-0.1, -0.05) is 27.2 Å². The molecule has 0 amide bonds. The van der Waals surface area contributed by atoms with Gasteiger partial charge in [-0.25, -0.2) is 0 Å². The van der Waals surface area contributed by atoms with Crippen molar-refractivity contribution in [2.75, 3.05) is 0 Å². The Morgan fingerprint density at radius 2 is 2.22 bits per heavy atom. The van der Waals surface area contributed by atoms with Crippen molar-refractivity contribution in [1.82, 2.24) is 0 Å². The van der Waals surface area contributed by atoms with Gasteiger partial charge >= 0.3 is 0 Å². The van der Waals surface area contributed by atoms with Gasteiger partial charge < -0.3 is 0 Å². The molecule has 2 atom stereocenters. The van der Waals surface area contributed by atoms with Crippen LogP contribution < -0.4 is 0 Å². The summed E-state index contributed by atoms with van der Waals surface area (Å²) < 4.78 is 0. The molecule has 0 aromatic rings. The van der Waals surface area contributed by atoms with Gasteiger partial charge in [0.05, 0.1) is 4.87 Å². The molecule has 0 radical (unpaired) electrons. The minimum atomic E-state index is 0.189. The van der Waals surface area contributed by atoms with Crippen LogP contribution in [0.5, 0.6) is 0 Å². The van der Waals surface area contributed by atoms with E-state index in [1.807, 2.05) is 0 Å². The molecule has 1 rings (SSSR count). The first-order valence-electron chi connectivity index (χ1n) is 3.80.